The van der Waals surface area contributed by atoms with Crippen molar-refractivity contribution in [1.29, 1.82) is 0 Å². The highest BCUT2D eigenvalue weighted by atomic mass is 16.6. The van der Waals surface area contributed by atoms with Gasteiger partial charge in [-0.25, -0.2) is 9.59 Å². The van der Waals surface area contributed by atoms with E-state index in [1.54, 1.807) is 0 Å². The van der Waals surface area contributed by atoms with Crippen LogP contribution in [0.5, 0.6) is 11.5 Å². The van der Waals surface area contributed by atoms with Crippen molar-refractivity contribution in [3.63, 3.8) is 0 Å². The van der Waals surface area contributed by atoms with Crippen LogP contribution in [0.1, 0.15) is 30.1 Å². The first-order valence-electron chi connectivity index (χ1n) is 5.43. The lowest BCUT2D eigenvalue weighted by atomic mass is 10.2. The lowest BCUT2D eigenvalue weighted by Crippen LogP contribution is -2.02. The molecule has 6 nitrogen and oxygen atoms in total. The minimum atomic E-state index is -1.17. The Bertz CT molecular complexity index is 466. The number of ether oxygens (including phenoxy) is 1. The number of benzene rings is 1. The van der Waals surface area contributed by atoms with E-state index >= 15 is 0 Å². The average Bonchev–Trinajstić information content (AvgIpc) is 2.36. The number of carboxylic acids is 1. The Morgan fingerprint density at radius 3 is 2.89 bits per heavy atom. The van der Waals surface area contributed by atoms with E-state index in [1.165, 1.54) is 24.3 Å². The highest BCUT2D eigenvalue weighted by Crippen LogP contribution is 2.25. The highest BCUT2D eigenvalue weighted by Gasteiger charge is 2.13. The lowest BCUT2D eigenvalue weighted by molar-refractivity contribution is 0.0692. The third-order valence-corrected chi connectivity index (χ3v) is 2.13. The van der Waals surface area contributed by atoms with Crippen LogP contribution >= 0.6 is 0 Å². The molecule has 0 atom stereocenters. The molecule has 1 rings (SSSR count). The van der Waals surface area contributed by atoms with Gasteiger partial charge in [0.15, 0.2) is 5.75 Å². The Labute approximate surface area is 104 Å². The summed E-state index contributed by atoms with van der Waals surface area (Å²) in [6.45, 7) is 2.56. The van der Waals surface area contributed by atoms with Gasteiger partial charge in [0, 0.05) is 11.2 Å². The van der Waals surface area contributed by atoms with Crippen LogP contribution in [0, 0.1) is 0 Å². The molecule has 96 valence electrons. The van der Waals surface area contributed by atoms with Gasteiger partial charge in [0.25, 0.3) is 6.08 Å². The molecule has 6 heteroatoms. The summed E-state index contributed by atoms with van der Waals surface area (Å²) in [4.78, 5) is 25.5. The number of hydrogen-bond acceptors (Lipinski definition) is 5. The monoisotopic (exact) mass is 251 g/mol. The molecule has 0 aliphatic heterocycles. The Hall–Kier alpha value is -2.33. The number of hydrogen-bond donors (Lipinski definition) is 1. The first kappa shape index (κ1) is 13.7. The largest absolute Gasteiger partial charge is 0.493 e. The van der Waals surface area contributed by atoms with E-state index in [9.17, 15) is 9.59 Å². The maximum Gasteiger partial charge on any atom is 0.339 e. The maximum atomic E-state index is 10.9. The summed E-state index contributed by atoms with van der Waals surface area (Å²) in [7, 11) is 0. The molecule has 0 aliphatic carbocycles. The minimum Gasteiger partial charge on any atom is -0.493 e. The van der Waals surface area contributed by atoms with Crippen molar-refractivity contribution in [3.8, 4) is 11.5 Å². The summed E-state index contributed by atoms with van der Waals surface area (Å²) in [5, 5.41) is 11.8. The van der Waals surface area contributed by atoms with Crippen LogP contribution in [0.15, 0.2) is 23.4 Å². The number of isocyanates is 1. The molecule has 0 saturated carbocycles. The summed E-state index contributed by atoms with van der Waals surface area (Å²) in [6.07, 6.45) is 3.06. The number of aromatic carboxylic acids is 1. The predicted molar refractivity (Wildman–Crippen MR) is 62.6 cm³/mol. The van der Waals surface area contributed by atoms with E-state index in [4.69, 9.17) is 9.84 Å². The van der Waals surface area contributed by atoms with E-state index in [0.717, 1.165) is 12.8 Å². The van der Waals surface area contributed by atoms with Gasteiger partial charge in [0.1, 0.15) is 11.3 Å². The van der Waals surface area contributed by atoms with Crippen LogP contribution in [0.4, 0.5) is 0 Å². The van der Waals surface area contributed by atoms with Gasteiger partial charge in [-0.05, 0) is 18.6 Å². The third kappa shape index (κ3) is 3.92. The number of carboxylic acid groups (broad SMARTS) is 1. The predicted octanol–water partition coefficient (Wildman–Crippen LogP) is 2.19. The van der Waals surface area contributed by atoms with Crippen LogP contribution in [0.2, 0.25) is 0 Å². The molecule has 1 aromatic rings. The zero-order chi connectivity index (χ0) is 13.4. The number of unbranched alkanes of at least 4 members (excludes halogenated alkanes) is 1. The molecule has 0 aromatic heterocycles. The summed E-state index contributed by atoms with van der Waals surface area (Å²) in [6, 6.07) is 4.23. The topological polar surface area (TPSA) is 85.2 Å². The number of rotatable bonds is 7. The molecular formula is C12H13NO5. The van der Waals surface area contributed by atoms with E-state index < -0.39 is 5.97 Å². The SMILES string of the molecule is CCCCOc1ccc(C(=O)O)c(ON=C=O)c1. The van der Waals surface area contributed by atoms with Crippen LogP contribution in [0.25, 0.3) is 0 Å². The molecule has 1 N–H and O–H groups in total. The van der Waals surface area contributed by atoms with Gasteiger partial charge in [0.2, 0.25) is 0 Å². The number of carbonyl (C=O) groups is 1. The van der Waals surface area contributed by atoms with Crippen molar-refractivity contribution in [1.82, 2.24) is 0 Å². The fourth-order valence-electron chi connectivity index (χ4n) is 1.25. The second-order valence-electron chi connectivity index (χ2n) is 3.44. The first-order chi connectivity index (χ1) is 8.69. The van der Waals surface area contributed by atoms with Crippen molar-refractivity contribution in [2.24, 2.45) is 5.16 Å². The molecule has 0 fully saturated rings. The van der Waals surface area contributed by atoms with Crippen molar-refractivity contribution in [2.75, 3.05) is 6.61 Å². The third-order valence-electron chi connectivity index (χ3n) is 2.13. The normalized spacial score (nSPS) is 9.39. The van der Waals surface area contributed by atoms with Crippen LogP contribution in [-0.2, 0) is 4.79 Å². The van der Waals surface area contributed by atoms with Crippen molar-refractivity contribution in [3.05, 3.63) is 23.8 Å². The molecular weight excluding hydrogens is 238 g/mol. The quantitative estimate of drug-likeness (QED) is 0.347. The molecule has 0 heterocycles. The summed E-state index contributed by atoms with van der Waals surface area (Å²) >= 11 is 0. The van der Waals surface area contributed by atoms with Gasteiger partial charge in [-0.3, -0.25) is 0 Å². The highest BCUT2D eigenvalue weighted by molar-refractivity contribution is 5.91. The van der Waals surface area contributed by atoms with Crippen molar-refractivity contribution in [2.45, 2.75) is 19.8 Å². The van der Waals surface area contributed by atoms with Gasteiger partial charge in [-0.15, -0.1) is 0 Å². The summed E-state index contributed by atoms with van der Waals surface area (Å²) in [5.41, 5.74) is -0.100. The number of carbonyl (C=O) groups excluding carboxylic acids is 1. The van der Waals surface area contributed by atoms with E-state index in [2.05, 4.69) is 9.99 Å². The molecule has 0 aliphatic rings. The zero-order valence-electron chi connectivity index (χ0n) is 9.88. The smallest absolute Gasteiger partial charge is 0.339 e. The summed E-state index contributed by atoms with van der Waals surface area (Å²) in [5.74, 6) is -0.768. The molecule has 18 heavy (non-hydrogen) atoms. The van der Waals surface area contributed by atoms with Crippen molar-refractivity contribution >= 4 is 12.0 Å². The van der Waals surface area contributed by atoms with E-state index in [1.807, 2.05) is 6.92 Å². The molecule has 0 amide bonds. The lowest BCUT2D eigenvalue weighted by Gasteiger charge is -2.08. The fraction of sp³-hybridized carbons (Fsp3) is 0.333. The Kier molecular flexibility index (Phi) is 5.41. The minimum absolute atomic E-state index is 0.0557. The molecule has 0 saturated heterocycles. The van der Waals surface area contributed by atoms with Gasteiger partial charge in [0.05, 0.1) is 6.61 Å². The number of nitrogens with zero attached hydrogens (tertiary/aromatic N) is 1. The van der Waals surface area contributed by atoms with E-state index in [-0.39, 0.29) is 11.3 Å². The molecule has 0 radical (unpaired) electrons. The average molecular weight is 251 g/mol. The first-order valence-corrected chi connectivity index (χ1v) is 5.43. The standard InChI is InChI=1S/C12H13NO5/c1-2-3-6-17-9-4-5-10(12(15)16)11(7-9)18-13-8-14/h4-5,7H,2-3,6H2,1H3,(H,15,16). The second-order valence-corrected chi connectivity index (χ2v) is 3.44. The molecule has 0 bridgehead atoms. The van der Waals surface area contributed by atoms with E-state index in [0.29, 0.717) is 12.4 Å². The molecule has 0 unspecified atom stereocenters. The summed E-state index contributed by atoms with van der Waals surface area (Å²) < 4.78 is 5.39. The van der Waals surface area contributed by atoms with Crippen molar-refractivity contribution < 1.29 is 24.3 Å². The second kappa shape index (κ2) is 7.09. The Morgan fingerprint density at radius 2 is 2.28 bits per heavy atom. The van der Waals surface area contributed by atoms with Gasteiger partial charge < -0.3 is 14.7 Å². The zero-order valence-corrected chi connectivity index (χ0v) is 9.88. The molecule has 0 spiro atoms. The van der Waals surface area contributed by atoms with Gasteiger partial charge >= 0.3 is 5.97 Å². The molecule has 1 aromatic carbocycles. The Morgan fingerprint density at radius 1 is 1.50 bits per heavy atom. The van der Waals surface area contributed by atoms with Gasteiger partial charge in [-0.1, -0.05) is 13.3 Å². The maximum absolute atomic E-state index is 10.9. The van der Waals surface area contributed by atoms with Crippen LogP contribution < -0.4 is 9.57 Å². The van der Waals surface area contributed by atoms with Crippen LogP contribution in [0.3, 0.4) is 0 Å². The Balaban J connectivity index is 2.89. The fourth-order valence-corrected chi connectivity index (χ4v) is 1.25. The van der Waals surface area contributed by atoms with Crippen LogP contribution in [-0.4, -0.2) is 23.8 Å². The van der Waals surface area contributed by atoms with Gasteiger partial charge in [-0.2, -0.15) is 0 Å².